The van der Waals surface area contributed by atoms with Gasteiger partial charge in [0, 0.05) is 16.3 Å². The van der Waals surface area contributed by atoms with Crippen LogP contribution >= 0.6 is 23.2 Å². The number of nitrogens with two attached hydrogens (primary N) is 1. The molecule has 1 rings (SSSR count). The number of halogens is 2. The molecule has 2 N–H and O–H groups in total. The average Bonchev–Trinajstić information content (AvgIpc) is 2.14. The van der Waals surface area contributed by atoms with Crippen LogP contribution in [-0.4, -0.2) is 19.4 Å². The fourth-order valence-corrected chi connectivity index (χ4v) is 2.47. The Kier molecular flexibility index (Phi) is 4.14. The van der Waals surface area contributed by atoms with Gasteiger partial charge in [-0.25, -0.2) is 8.42 Å². The maximum atomic E-state index is 11.7. The zero-order valence-electron chi connectivity index (χ0n) is 9.87. The molecule has 1 unspecified atom stereocenters. The summed E-state index contributed by atoms with van der Waals surface area (Å²) in [6, 6.07) is 4.14. The molecule has 0 saturated carbocycles. The summed E-state index contributed by atoms with van der Waals surface area (Å²) < 4.78 is 22.3. The summed E-state index contributed by atoms with van der Waals surface area (Å²) in [5.41, 5.74) is 6.58. The summed E-state index contributed by atoms with van der Waals surface area (Å²) in [6.45, 7) is 3.16. The molecular weight excluding hydrogens is 281 g/mol. The topological polar surface area (TPSA) is 60.2 Å². The van der Waals surface area contributed by atoms with Crippen molar-refractivity contribution in [1.82, 2.24) is 0 Å². The van der Waals surface area contributed by atoms with E-state index in [2.05, 4.69) is 0 Å². The van der Waals surface area contributed by atoms with Gasteiger partial charge in [-0.3, -0.25) is 0 Å². The molecule has 0 spiro atoms. The molecule has 1 aromatic rings. The Bertz CT molecular complexity index is 526. The van der Waals surface area contributed by atoms with Crippen LogP contribution in [-0.2, 0) is 9.84 Å². The summed E-state index contributed by atoms with van der Waals surface area (Å²) in [5, 5.41) is 0.866. The smallest absolute Gasteiger partial charge is 0.154 e. The lowest BCUT2D eigenvalue weighted by molar-refractivity contribution is 0.496. The second kappa shape index (κ2) is 4.76. The molecule has 3 nitrogen and oxygen atoms in total. The summed E-state index contributed by atoms with van der Waals surface area (Å²) >= 11 is 11.8. The predicted octanol–water partition coefficient (Wildman–Crippen LogP) is 2.82. The van der Waals surface area contributed by atoms with Crippen LogP contribution in [0.5, 0.6) is 0 Å². The van der Waals surface area contributed by atoms with Gasteiger partial charge in [0.2, 0.25) is 0 Å². The van der Waals surface area contributed by atoms with Gasteiger partial charge in [-0.1, -0.05) is 29.3 Å². The maximum Gasteiger partial charge on any atom is 0.154 e. The Hall–Kier alpha value is -0.290. The van der Waals surface area contributed by atoms with Gasteiger partial charge in [0.05, 0.1) is 10.8 Å². The number of hydrogen-bond acceptors (Lipinski definition) is 3. The van der Waals surface area contributed by atoms with E-state index in [1.807, 2.05) is 0 Å². The number of sulfone groups is 1. The third kappa shape index (κ3) is 2.94. The highest BCUT2D eigenvalue weighted by atomic mass is 35.5. The van der Waals surface area contributed by atoms with Gasteiger partial charge >= 0.3 is 0 Å². The molecule has 1 atom stereocenters. The minimum absolute atomic E-state index is 0.377. The summed E-state index contributed by atoms with van der Waals surface area (Å²) in [6.07, 6.45) is 1.16. The van der Waals surface area contributed by atoms with Crippen LogP contribution in [0, 0.1) is 0 Å². The normalized spacial score (nSPS) is 14.7. The highest BCUT2D eigenvalue weighted by Crippen LogP contribution is 2.34. The van der Waals surface area contributed by atoms with Crippen molar-refractivity contribution < 1.29 is 8.42 Å². The van der Waals surface area contributed by atoms with Gasteiger partial charge < -0.3 is 5.73 Å². The van der Waals surface area contributed by atoms with Crippen LogP contribution < -0.4 is 5.73 Å². The molecule has 0 radical (unpaired) electrons. The third-order valence-electron chi connectivity index (χ3n) is 3.00. The van der Waals surface area contributed by atoms with Gasteiger partial charge in [0.15, 0.2) is 9.84 Å². The minimum Gasteiger partial charge on any atom is -0.323 e. The van der Waals surface area contributed by atoms with Crippen molar-refractivity contribution in [3.63, 3.8) is 0 Å². The van der Waals surface area contributed by atoms with Crippen molar-refractivity contribution in [3.05, 3.63) is 33.8 Å². The van der Waals surface area contributed by atoms with Crippen LogP contribution in [0.3, 0.4) is 0 Å². The number of rotatable bonds is 3. The van der Waals surface area contributed by atoms with E-state index in [0.717, 1.165) is 6.26 Å². The van der Waals surface area contributed by atoms with Crippen molar-refractivity contribution in [3.8, 4) is 0 Å². The average molecular weight is 296 g/mol. The SMILES string of the molecule is CC(C)(C(N)c1ccc(Cl)cc1Cl)S(C)(=O)=O. The van der Waals surface area contributed by atoms with Crippen LogP contribution in [0.25, 0.3) is 0 Å². The van der Waals surface area contributed by atoms with Crippen LogP contribution in [0.1, 0.15) is 25.5 Å². The molecule has 17 heavy (non-hydrogen) atoms. The maximum absolute atomic E-state index is 11.7. The highest BCUT2D eigenvalue weighted by Gasteiger charge is 2.38. The molecule has 0 aliphatic heterocycles. The Morgan fingerprint density at radius 1 is 1.29 bits per heavy atom. The monoisotopic (exact) mass is 295 g/mol. The molecule has 1 aromatic carbocycles. The lowest BCUT2D eigenvalue weighted by atomic mass is 9.96. The van der Waals surface area contributed by atoms with Gasteiger partial charge in [-0.2, -0.15) is 0 Å². The van der Waals surface area contributed by atoms with Crippen molar-refractivity contribution in [2.24, 2.45) is 5.73 Å². The first-order valence-electron chi connectivity index (χ1n) is 4.97. The summed E-state index contributed by atoms with van der Waals surface area (Å²) in [7, 11) is -3.29. The van der Waals surface area contributed by atoms with Crippen LogP contribution in [0.2, 0.25) is 10.0 Å². The zero-order valence-corrected chi connectivity index (χ0v) is 12.2. The van der Waals surface area contributed by atoms with Crippen LogP contribution in [0.15, 0.2) is 18.2 Å². The van der Waals surface area contributed by atoms with E-state index in [0.29, 0.717) is 15.6 Å². The Balaban J connectivity index is 3.26. The largest absolute Gasteiger partial charge is 0.323 e. The molecule has 0 saturated heterocycles. The first-order chi connectivity index (χ1) is 7.57. The molecule has 0 aliphatic rings. The molecular formula is C11H15Cl2NO2S. The van der Waals surface area contributed by atoms with Gasteiger partial charge in [0.1, 0.15) is 0 Å². The van der Waals surface area contributed by atoms with Gasteiger partial charge in [-0.15, -0.1) is 0 Å². The Morgan fingerprint density at radius 3 is 2.24 bits per heavy atom. The molecule has 0 amide bonds. The number of hydrogen-bond donors (Lipinski definition) is 1. The van der Waals surface area contributed by atoms with Crippen molar-refractivity contribution >= 4 is 33.0 Å². The van der Waals surface area contributed by atoms with Crippen molar-refractivity contribution in [2.75, 3.05) is 6.26 Å². The quantitative estimate of drug-likeness (QED) is 0.933. The van der Waals surface area contributed by atoms with E-state index in [1.165, 1.54) is 0 Å². The van der Waals surface area contributed by atoms with Crippen molar-refractivity contribution in [1.29, 1.82) is 0 Å². The molecule has 0 bridgehead atoms. The zero-order chi connectivity index (χ0) is 13.4. The standard InChI is InChI=1S/C11H15Cl2NO2S/c1-11(2,17(3,15)16)10(14)8-5-4-7(12)6-9(8)13/h4-6,10H,14H2,1-3H3. The molecule has 96 valence electrons. The Morgan fingerprint density at radius 2 is 1.82 bits per heavy atom. The van der Waals surface area contributed by atoms with Gasteiger partial charge in [-0.05, 0) is 31.5 Å². The third-order valence-corrected chi connectivity index (χ3v) is 5.73. The highest BCUT2D eigenvalue weighted by molar-refractivity contribution is 7.92. The minimum atomic E-state index is -3.29. The van der Waals surface area contributed by atoms with E-state index in [1.54, 1.807) is 32.0 Å². The molecule has 6 heteroatoms. The summed E-state index contributed by atoms with van der Waals surface area (Å²) in [5.74, 6) is 0. The van der Waals surface area contributed by atoms with E-state index >= 15 is 0 Å². The first-order valence-corrected chi connectivity index (χ1v) is 7.62. The van der Waals surface area contributed by atoms with Gasteiger partial charge in [0.25, 0.3) is 0 Å². The lowest BCUT2D eigenvalue weighted by Crippen LogP contribution is -2.42. The fourth-order valence-electron chi connectivity index (χ4n) is 1.36. The predicted molar refractivity (Wildman–Crippen MR) is 72.3 cm³/mol. The molecule has 0 aliphatic carbocycles. The van der Waals surface area contributed by atoms with E-state index in [-0.39, 0.29) is 0 Å². The Labute approximate surface area is 112 Å². The number of benzene rings is 1. The van der Waals surface area contributed by atoms with E-state index < -0.39 is 20.6 Å². The lowest BCUT2D eigenvalue weighted by Gasteiger charge is -2.30. The molecule has 0 fully saturated rings. The molecule has 0 heterocycles. The van der Waals surface area contributed by atoms with Crippen molar-refractivity contribution in [2.45, 2.75) is 24.6 Å². The fraction of sp³-hybridized carbons (Fsp3) is 0.455. The first kappa shape index (κ1) is 14.8. The van der Waals surface area contributed by atoms with E-state index in [4.69, 9.17) is 28.9 Å². The molecule has 0 aromatic heterocycles. The van der Waals surface area contributed by atoms with Crippen LogP contribution in [0.4, 0.5) is 0 Å². The van der Waals surface area contributed by atoms with E-state index in [9.17, 15) is 8.42 Å². The summed E-state index contributed by atoms with van der Waals surface area (Å²) in [4.78, 5) is 0. The second-order valence-corrected chi connectivity index (χ2v) is 7.96. The second-order valence-electron chi connectivity index (χ2n) is 4.52.